The van der Waals surface area contributed by atoms with E-state index in [1.807, 2.05) is 48.6 Å². The van der Waals surface area contributed by atoms with Gasteiger partial charge in [0.1, 0.15) is 5.92 Å². The van der Waals surface area contributed by atoms with E-state index in [4.69, 9.17) is 4.74 Å². The van der Waals surface area contributed by atoms with E-state index in [0.717, 1.165) is 5.31 Å². The van der Waals surface area contributed by atoms with Crippen LogP contribution in [0.1, 0.15) is 0 Å². The fraction of sp³-hybridized carbons (Fsp3) is 0.105. The van der Waals surface area contributed by atoms with Crippen LogP contribution in [-0.4, -0.2) is 13.1 Å². The van der Waals surface area contributed by atoms with Gasteiger partial charge in [0.05, 0.1) is 7.11 Å². The van der Waals surface area contributed by atoms with Crippen LogP contribution in [0.3, 0.4) is 0 Å². The van der Waals surface area contributed by atoms with Crippen LogP contribution in [0, 0.1) is 5.92 Å². The first kappa shape index (κ1) is 14.7. The predicted molar refractivity (Wildman–Crippen MR) is 91.8 cm³/mol. The van der Waals surface area contributed by atoms with Crippen molar-refractivity contribution in [1.82, 2.24) is 0 Å². The van der Waals surface area contributed by atoms with Crippen LogP contribution in [0.25, 0.3) is 0 Å². The molecule has 2 aromatic rings. The van der Waals surface area contributed by atoms with Crippen molar-refractivity contribution in [3.05, 3.63) is 84.2 Å². The summed E-state index contributed by atoms with van der Waals surface area (Å²) in [5.74, 6) is -0.476. The third-order valence-electron chi connectivity index (χ3n) is 3.63. The molecular weight excluding hydrogens is 291 g/mol. The first-order valence-corrected chi connectivity index (χ1v) is 8.52. The third kappa shape index (κ3) is 2.88. The lowest BCUT2D eigenvalue weighted by molar-refractivity contribution is -0.142. The van der Waals surface area contributed by atoms with Gasteiger partial charge >= 0.3 is 5.97 Å². The van der Waals surface area contributed by atoms with Crippen LogP contribution < -0.4 is 10.6 Å². The van der Waals surface area contributed by atoms with Crippen molar-refractivity contribution in [3.63, 3.8) is 0 Å². The highest BCUT2D eigenvalue weighted by molar-refractivity contribution is 7.76. The summed E-state index contributed by atoms with van der Waals surface area (Å²) in [5, 5.41) is 3.61. The Bertz CT molecular complexity index is 665. The second kappa shape index (κ2) is 6.72. The van der Waals surface area contributed by atoms with E-state index in [9.17, 15) is 4.79 Å². The summed E-state index contributed by atoms with van der Waals surface area (Å²) in [6, 6.07) is 20.7. The van der Waals surface area contributed by atoms with Crippen molar-refractivity contribution in [3.8, 4) is 0 Å². The maximum atomic E-state index is 12.1. The molecule has 0 spiro atoms. The number of hydrogen-bond donors (Lipinski definition) is 0. The number of carbonyl (C=O) groups excluding carboxylic acids is 1. The van der Waals surface area contributed by atoms with Gasteiger partial charge in [-0.1, -0.05) is 78.9 Å². The molecule has 0 saturated carbocycles. The minimum absolute atomic E-state index is 0.195. The number of allylic oxidation sites excluding steroid dienone is 2. The second-order valence-electron chi connectivity index (χ2n) is 4.98. The number of methoxy groups -OCH3 is 1. The predicted octanol–water partition coefficient (Wildman–Crippen LogP) is 3.36. The fourth-order valence-corrected chi connectivity index (χ4v) is 5.15. The fourth-order valence-electron chi connectivity index (χ4n) is 2.61. The molecule has 0 aromatic heterocycles. The van der Waals surface area contributed by atoms with Crippen LogP contribution in [0.2, 0.25) is 0 Å². The van der Waals surface area contributed by atoms with E-state index in [2.05, 4.69) is 30.3 Å². The molecule has 0 fully saturated rings. The zero-order chi connectivity index (χ0) is 15.4. The van der Waals surface area contributed by atoms with Gasteiger partial charge in [0, 0.05) is 0 Å². The van der Waals surface area contributed by atoms with Gasteiger partial charge in [-0.3, -0.25) is 4.79 Å². The van der Waals surface area contributed by atoms with Crippen molar-refractivity contribution < 1.29 is 9.53 Å². The molecule has 0 bridgehead atoms. The average molecular weight is 308 g/mol. The number of rotatable bonds is 4. The zero-order valence-electron chi connectivity index (χ0n) is 12.3. The highest BCUT2D eigenvalue weighted by Crippen LogP contribution is 2.49. The van der Waals surface area contributed by atoms with E-state index in [0.29, 0.717) is 0 Å². The van der Waals surface area contributed by atoms with Crippen LogP contribution in [0.4, 0.5) is 0 Å². The molecule has 2 aromatic carbocycles. The SMILES string of the molecule is COC(=O)C1C=CC=C1P(c1ccccc1)c1ccccc1. The van der Waals surface area contributed by atoms with Crippen molar-refractivity contribution in [1.29, 1.82) is 0 Å². The van der Waals surface area contributed by atoms with E-state index >= 15 is 0 Å². The zero-order valence-corrected chi connectivity index (χ0v) is 13.2. The Balaban J connectivity index is 2.06. The Hall–Kier alpha value is -2.18. The lowest BCUT2D eigenvalue weighted by Gasteiger charge is -2.24. The molecule has 2 nitrogen and oxygen atoms in total. The molecule has 0 radical (unpaired) electrons. The quantitative estimate of drug-likeness (QED) is 0.639. The molecule has 110 valence electrons. The van der Waals surface area contributed by atoms with Gasteiger partial charge < -0.3 is 4.74 Å². The van der Waals surface area contributed by atoms with E-state index in [1.54, 1.807) is 0 Å². The Morgan fingerprint density at radius 1 is 0.955 bits per heavy atom. The molecule has 3 heteroatoms. The first-order chi connectivity index (χ1) is 10.8. The highest BCUT2D eigenvalue weighted by Gasteiger charge is 2.31. The van der Waals surface area contributed by atoms with E-state index in [-0.39, 0.29) is 11.9 Å². The first-order valence-electron chi connectivity index (χ1n) is 7.17. The molecule has 1 aliphatic rings. The topological polar surface area (TPSA) is 26.3 Å². The number of ether oxygens (including phenoxy) is 1. The monoisotopic (exact) mass is 308 g/mol. The molecule has 1 atom stereocenters. The molecule has 3 rings (SSSR count). The normalized spacial score (nSPS) is 16.6. The Labute approximate surface area is 131 Å². The van der Waals surface area contributed by atoms with Crippen molar-refractivity contribution in [2.45, 2.75) is 0 Å². The highest BCUT2D eigenvalue weighted by atomic mass is 31.1. The van der Waals surface area contributed by atoms with Gasteiger partial charge in [-0.2, -0.15) is 0 Å². The molecule has 22 heavy (non-hydrogen) atoms. The van der Waals surface area contributed by atoms with Crippen molar-refractivity contribution >= 4 is 24.5 Å². The second-order valence-corrected chi connectivity index (χ2v) is 7.20. The van der Waals surface area contributed by atoms with E-state index in [1.165, 1.54) is 17.7 Å². The minimum Gasteiger partial charge on any atom is -0.468 e. The Morgan fingerprint density at radius 3 is 2.00 bits per heavy atom. The van der Waals surface area contributed by atoms with Crippen LogP contribution in [0.5, 0.6) is 0 Å². The van der Waals surface area contributed by atoms with Gasteiger partial charge in [0.25, 0.3) is 0 Å². The maximum absolute atomic E-state index is 12.1. The Kier molecular flexibility index (Phi) is 4.50. The molecule has 1 aliphatic carbocycles. The molecule has 0 saturated heterocycles. The van der Waals surface area contributed by atoms with E-state index < -0.39 is 7.92 Å². The van der Waals surface area contributed by atoms with Crippen LogP contribution in [0.15, 0.2) is 84.2 Å². The molecule has 1 unspecified atom stereocenters. The summed E-state index contributed by atoms with van der Waals surface area (Å²) in [7, 11) is 0.712. The summed E-state index contributed by atoms with van der Waals surface area (Å²) < 4.78 is 4.97. The molecule has 0 aliphatic heterocycles. The van der Waals surface area contributed by atoms with Gasteiger partial charge in [-0.15, -0.1) is 0 Å². The summed E-state index contributed by atoms with van der Waals surface area (Å²) >= 11 is 0. The van der Waals surface area contributed by atoms with Gasteiger partial charge in [0.15, 0.2) is 0 Å². The van der Waals surface area contributed by atoms with Crippen molar-refractivity contribution in [2.24, 2.45) is 5.92 Å². The Morgan fingerprint density at radius 2 is 1.50 bits per heavy atom. The lowest BCUT2D eigenvalue weighted by atomic mass is 10.2. The average Bonchev–Trinajstić information content (AvgIpc) is 3.06. The summed E-state index contributed by atoms with van der Waals surface area (Å²) in [4.78, 5) is 12.1. The summed E-state index contributed by atoms with van der Waals surface area (Å²) in [6.45, 7) is 0. The lowest BCUT2D eigenvalue weighted by Crippen LogP contribution is -2.20. The number of hydrogen-bond acceptors (Lipinski definition) is 2. The standard InChI is InChI=1S/C19H17O2P/c1-21-19(20)17-13-8-14-18(17)22(15-9-4-2-5-10-15)16-11-6-3-7-12-16/h2-14,17H,1H3. The van der Waals surface area contributed by atoms with Crippen molar-refractivity contribution in [2.75, 3.05) is 7.11 Å². The summed E-state index contributed by atoms with van der Waals surface area (Å²) in [5.41, 5.74) is 0. The molecule has 0 N–H and O–H groups in total. The minimum atomic E-state index is -0.732. The van der Waals surface area contributed by atoms with Gasteiger partial charge in [-0.25, -0.2) is 0 Å². The summed E-state index contributed by atoms with van der Waals surface area (Å²) in [6.07, 6.45) is 5.94. The van der Waals surface area contributed by atoms with Gasteiger partial charge in [-0.05, 0) is 23.8 Å². The largest absolute Gasteiger partial charge is 0.468 e. The maximum Gasteiger partial charge on any atom is 0.317 e. The van der Waals surface area contributed by atoms with Crippen LogP contribution >= 0.6 is 7.92 Å². The smallest absolute Gasteiger partial charge is 0.317 e. The molecule has 0 heterocycles. The van der Waals surface area contributed by atoms with Crippen LogP contribution in [-0.2, 0) is 9.53 Å². The molecular formula is C19H17O2P. The number of carbonyl (C=O) groups is 1. The number of benzene rings is 2. The molecule has 0 amide bonds. The van der Waals surface area contributed by atoms with Gasteiger partial charge in [0.2, 0.25) is 0 Å². The third-order valence-corrected chi connectivity index (χ3v) is 6.20. The number of esters is 1.